The van der Waals surface area contributed by atoms with Crippen LogP contribution in [0.25, 0.3) is 10.4 Å². The molecule has 0 saturated heterocycles. The van der Waals surface area contributed by atoms with Gasteiger partial charge in [-0.1, -0.05) is 0 Å². The molecule has 0 aliphatic carbocycles. The highest BCUT2D eigenvalue weighted by atomic mass is 32.1. The predicted molar refractivity (Wildman–Crippen MR) is 73.0 cm³/mol. The lowest BCUT2D eigenvalue weighted by Crippen LogP contribution is -2.09. The molecule has 1 heterocycles. The van der Waals surface area contributed by atoms with Crippen LogP contribution in [0.1, 0.15) is 10.4 Å². The van der Waals surface area contributed by atoms with Gasteiger partial charge in [-0.05, 0) is 55.6 Å². The average molecular weight is 265 g/mol. The molecule has 1 aromatic carbocycles. The standard InChI is InChI=1S/C14H16FNOS/c1-16(2)8-13-3-4-14(18-13)11-5-10(9-17)6-12(15)7-11/h3-7,17H,8-9H2,1-2H3. The molecule has 0 unspecified atom stereocenters. The molecular weight excluding hydrogens is 249 g/mol. The lowest BCUT2D eigenvalue weighted by atomic mass is 10.1. The summed E-state index contributed by atoms with van der Waals surface area (Å²) in [4.78, 5) is 4.37. The SMILES string of the molecule is CN(C)Cc1ccc(-c2cc(F)cc(CO)c2)s1. The van der Waals surface area contributed by atoms with Crippen LogP contribution in [-0.4, -0.2) is 24.1 Å². The first-order valence-corrected chi connectivity index (χ1v) is 6.54. The summed E-state index contributed by atoms with van der Waals surface area (Å²) in [5.74, 6) is -0.306. The zero-order chi connectivity index (χ0) is 13.1. The smallest absolute Gasteiger partial charge is 0.124 e. The van der Waals surface area contributed by atoms with Crippen LogP contribution in [0, 0.1) is 5.82 Å². The Morgan fingerprint density at radius 3 is 2.67 bits per heavy atom. The fourth-order valence-corrected chi connectivity index (χ4v) is 2.93. The minimum Gasteiger partial charge on any atom is -0.392 e. The Balaban J connectivity index is 2.30. The summed E-state index contributed by atoms with van der Waals surface area (Å²) in [7, 11) is 4.04. The fourth-order valence-electron chi connectivity index (χ4n) is 1.81. The average Bonchev–Trinajstić information content (AvgIpc) is 2.75. The van der Waals surface area contributed by atoms with Crippen LogP contribution in [0.2, 0.25) is 0 Å². The summed E-state index contributed by atoms with van der Waals surface area (Å²) in [6.07, 6.45) is 0. The van der Waals surface area contributed by atoms with Gasteiger partial charge in [0.2, 0.25) is 0 Å². The molecule has 1 N–H and O–H groups in total. The van der Waals surface area contributed by atoms with E-state index in [4.69, 9.17) is 5.11 Å². The molecule has 0 saturated carbocycles. The van der Waals surface area contributed by atoms with E-state index in [1.54, 1.807) is 11.3 Å². The Morgan fingerprint density at radius 1 is 1.22 bits per heavy atom. The van der Waals surface area contributed by atoms with Crippen LogP contribution in [0.4, 0.5) is 4.39 Å². The maximum Gasteiger partial charge on any atom is 0.124 e. The van der Waals surface area contributed by atoms with Crippen molar-refractivity contribution in [1.82, 2.24) is 4.90 Å². The van der Waals surface area contributed by atoms with Crippen molar-refractivity contribution in [3.8, 4) is 10.4 Å². The number of benzene rings is 1. The van der Waals surface area contributed by atoms with Gasteiger partial charge in [-0.15, -0.1) is 11.3 Å². The van der Waals surface area contributed by atoms with Crippen LogP contribution < -0.4 is 0 Å². The molecule has 0 aliphatic heterocycles. The first-order valence-electron chi connectivity index (χ1n) is 5.72. The Kier molecular flexibility index (Phi) is 4.11. The van der Waals surface area contributed by atoms with Gasteiger partial charge in [0.15, 0.2) is 0 Å². The molecule has 4 heteroatoms. The number of hydrogen-bond donors (Lipinski definition) is 1. The molecule has 0 bridgehead atoms. The molecule has 0 spiro atoms. The normalized spacial score (nSPS) is 11.2. The van der Waals surface area contributed by atoms with Gasteiger partial charge in [0.05, 0.1) is 6.61 Å². The van der Waals surface area contributed by atoms with Crippen molar-refractivity contribution >= 4 is 11.3 Å². The van der Waals surface area contributed by atoms with Gasteiger partial charge in [-0.25, -0.2) is 4.39 Å². The van der Waals surface area contributed by atoms with Crippen molar-refractivity contribution in [3.63, 3.8) is 0 Å². The van der Waals surface area contributed by atoms with Gasteiger partial charge in [0, 0.05) is 16.3 Å². The number of thiophene rings is 1. The molecule has 96 valence electrons. The number of hydrogen-bond acceptors (Lipinski definition) is 3. The molecule has 0 atom stereocenters. The monoisotopic (exact) mass is 265 g/mol. The van der Waals surface area contributed by atoms with Crippen LogP contribution in [0.5, 0.6) is 0 Å². The maximum absolute atomic E-state index is 13.4. The van der Waals surface area contributed by atoms with E-state index in [2.05, 4.69) is 11.0 Å². The Labute approximate surface area is 110 Å². The van der Waals surface area contributed by atoms with Gasteiger partial charge < -0.3 is 10.0 Å². The lowest BCUT2D eigenvalue weighted by molar-refractivity contribution is 0.281. The molecular formula is C14H16FNOS. The van der Waals surface area contributed by atoms with Gasteiger partial charge in [-0.3, -0.25) is 0 Å². The minimum atomic E-state index is -0.306. The maximum atomic E-state index is 13.4. The number of nitrogens with zero attached hydrogens (tertiary/aromatic N) is 1. The molecule has 2 aromatic rings. The summed E-state index contributed by atoms with van der Waals surface area (Å²) in [5.41, 5.74) is 1.43. The van der Waals surface area contributed by atoms with E-state index < -0.39 is 0 Å². The number of aliphatic hydroxyl groups excluding tert-OH is 1. The largest absolute Gasteiger partial charge is 0.392 e. The van der Waals surface area contributed by atoms with E-state index in [9.17, 15) is 4.39 Å². The number of aliphatic hydroxyl groups is 1. The third kappa shape index (κ3) is 3.16. The van der Waals surface area contributed by atoms with Gasteiger partial charge in [0.1, 0.15) is 5.82 Å². The highest BCUT2D eigenvalue weighted by molar-refractivity contribution is 7.15. The summed E-state index contributed by atoms with van der Waals surface area (Å²) in [6, 6.07) is 8.75. The van der Waals surface area contributed by atoms with E-state index >= 15 is 0 Å². The molecule has 1 aromatic heterocycles. The summed E-state index contributed by atoms with van der Waals surface area (Å²) in [6.45, 7) is 0.744. The molecule has 2 nitrogen and oxygen atoms in total. The molecule has 2 rings (SSSR count). The molecule has 0 radical (unpaired) electrons. The van der Waals surface area contributed by atoms with E-state index in [0.29, 0.717) is 5.56 Å². The minimum absolute atomic E-state index is 0.138. The lowest BCUT2D eigenvalue weighted by Gasteiger charge is -2.06. The quantitative estimate of drug-likeness (QED) is 0.918. The van der Waals surface area contributed by atoms with Crippen molar-refractivity contribution in [3.05, 3.63) is 46.6 Å². The first kappa shape index (κ1) is 13.2. The topological polar surface area (TPSA) is 23.5 Å². The molecule has 18 heavy (non-hydrogen) atoms. The second-order valence-corrected chi connectivity index (χ2v) is 5.68. The third-order valence-corrected chi connectivity index (χ3v) is 3.68. The van der Waals surface area contributed by atoms with Crippen LogP contribution in [0.3, 0.4) is 0 Å². The van der Waals surface area contributed by atoms with Crippen LogP contribution in [0.15, 0.2) is 30.3 Å². The Hall–Kier alpha value is -1.23. The van der Waals surface area contributed by atoms with Crippen LogP contribution in [-0.2, 0) is 13.2 Å². The van der Waals surface area contributed by atoms with Crippen molar-refractivity contribution in [2.75, 3.05) is 14.1 Å². The molecule has 0 fully saturated rings. The number of rotatable bonds is 4. The zero-order valence-electron chi connectivity index (χ0n) is 10.5. The molecule has 0 amide bonds. The Bertz CT molecular complexity index is 536. The second kappa shape index (κ2) is 5.61. The summed E-state index contributed by atoms with van der Waals surface area (Å²) < 4.78 is 13.4. The van der Waals surface area contributed by atoms with Crippen LogP contribution >= 0.6 is 11.3 Å². The van der Waals surface area contributed by atoms with E-state index in [-0.39, 0.29) is 12.4 Å². The van der Waals surface area contributed by atoms with Crippen molar-refractivity contribution in [2.24, 2.45) is 0 Å². The van der Waals surface area contributed by atoms with E-state index in [1.807, 2.05) is 26.2 Å². The van der Waals surface area contributed by atoms with E-state index in [0.717, 1.165) is 17.0 Å². The number of halogens is 1. The highest BCUT2D eigenvalue weighted by Gasteiger charge is 2.06. The predicted octanol–water partition coefficient (Wildman–Crippen LogP) is 3.11. The van der Waals surface area contributed by atoms with Crippen molar-refractivity contribution in [2.45, 2.75) is 13.2 Å². The molecule has 0 aliphatic rings. The van der Waals surface area contributed by atoms with Gasteiger partial charge in [0.25, 0.3) is 0 Å². The summed E-state index contributed by atoms with van der Waals surface area (Å²) >= 11 is 1.65. The van der Waals surface area contributed by atoms with Gasteiger partial charge >= 0.3 is 0 Å². The fraction of sp³-hybridized carbons (Fsp3) is 0.286. The third-order valence-electron chi connectivity index (χ3n) is 2.56. The highest BCUT2D eigenvalue weighted by Crippen LogP contribution is 2.30. The zero-order valence-corrected chi connectivity index (χ0v) is 11.3. The van der Waals surface area contributed by atoms with Crippen molar-refractivity contribution < 1.29 is 9.50 Å². The Morgan fingerprint density at radius 2 is 2.00 bits per heavy atom. The first-order chi connectivity index (χ1) is 8.58. The second-order valence-electron chi connectivity index (χ2n) is 4.51. The van der Waals surface area contributed by atoms with E-state index in [1.165, 1.54) is 17.0 Å². The van der Waals surface area contributed by atoms with Gasteiger partial charge in [-0.2, -0.15) is 0 Å². The van der Waals surface area contributed by atoms with Crippen molar-refractivity contribution in [1.29, 1.82) is 0 Å². The summed E-state index contributed by atoms with van der Waals surface area (Å²) in [5, 5.41) is 9.09.